The van der Waals surface area contributed by atoms with Crippen LogP contribution in [0.3, 0.4) is 0 Å². The molecular weight excluding hydrogens is 300 g/mol. The first-order valence-corrected chi connectivity index (χ1v) is 7.83. The molecule has 1 heterocycles. The van der Waals surface area contributed by atoms with Crippen molar-refractivity contribution in [2.45, 2.75) is 39.8 Å². The summed E-state index contributed by atoms with van der Waals surface area (Å²) in [6, 6.07) is 5.89. The number of hydrogen-bond acceptors (Lipinski definition) is 4. The molecule has 4 nitrogen and oxygen atoms in total. The van der Waals surface area contributed by atoms with E-state index in [0.29, 0.717) is 5.02 Å². The monoisotopic (exact) mass is 322 g/mol. The van der Waals surface area contributed by atoms with Crippen LogP contribution in [0.1, 0.15) is 42.5 Å². The Morgan fingerprint density at radius 3 is 2.77 bits per heavy atom. The number of benzene rings is 1. The van der Waals surface area contributed by atoms with Gasteiger partial charge in [0.25, 0.3) is 0 Å². The smallest absolute Gasteiger partial charge is 0.138 e. The van der Waals surface area contributed by atoms with Gasteiger partial charge in [-0.05, 0) is 45.5 Å². The fourth-order valence-corrected chi connectivity index (χ4v) is 2.91. The van der Waals surface area contributed by atoms with Crippen molar-refractivity contribution in [3.8, 4) is 5.75 Å². The Balaban J connectivity index is 2.23. The van der Waals surface area contributed by atoms with Gasteiger partial charge in [0.1, 0.15) is 11.5 Å². The van der Waals surface area contributed by atoms with Gasteiger partial charge in [0.2, 0.25) is 0 Å². The van der Waals surface area contributed by atoms with Gasteiger partial charge in [0.15, 0.2) is 0 Å². The second kappa shape index (κ2) is 7.16. The zero-order valence-corrected chi connectivity index (χ0v) is 14.6. The maximum Gasteiger partial charge on any atom is 0.138 e. The van der Waals surface area contributed by atoms with Crippen LogP contribution in [-0.4, -0.2) is 24.2 Å². The SMILES string of the molecule is CCc1noc(C)c1[C@@H](C)N(C)Cc1cc(Cl)ccc1OC. The van der Waals surface area contributed by atoms with Gasteiger partial charge in [0.05, 0.1) is 12.8 Å². The summed E-state index contributed by atoms with van der Waals surface area (Å²) in [4.78, 5) is 2.24. The van der Waals surface area contributed by atoms with Crippen LogP contribution in [0.2, 0.25) is 5.02 Å². The van der Waals surface area contributed by atoms with Gasteiger partial charge in [-0.25, -0.2) is 0 Å². The van der Waals surface area contributed by atoms with Crippen LogP contribution < -0.4 is 4.74 Å². The Bertz CT molecular complexity index is 640. The molecule has 0 spiro atoms. The molecule has 0 N–H and O–H groups in total. The molecule has 120 valence electrons. The van der Waals surface area contributed by atoms with Crippen LogP contribution in [-0.2, 0) is 13.0 Å². The molecule has 1 atom stereocenters. The molecule has 0 radical (unpaired) electrons. The summed E-state index contributed by atoms with van der Waals surface area (Å²) in [6.07, 6.45) is 0.866. The summed E-state index contributed by atoms with van der Waals surface area (Å²) in [5.74, 6) is 1.73. The third-order valence-corrected chi connectivity index (χ3v) is 4.29. The highest BCUT2D eigenvalue weighted by Crippen LogP contribution is 2.30. The Morgan fingerprint density at radius 2 is 2.14 bits per heavy atom. The van der Waals surface area contributed by atoms with E-state index in [1.54, 1.807) is 7.11 Å². The highest BCUT2D eigenvalue weighted by atomic mass is 35.5. The zero-order chi connectivity index (χ0) is 16.3. The average Bonchev–Trinajstić information content (AvgIpc) is 2.87. The highest BCUT2D eigenvalue weighted by molar-refractivity contribution is 6.30. The van der Waals surface area contributed by atoms with E-state index >= 15 is 0 Å². The van der Waals surface area contributed by atoms with Crippen molar-refractivity contribution in [1.29, 1.82) is 0 Å². The van der Waals surface area contributed by atoms with Crippen LogP contribution in [0.4, 0.5) is 0 Å². The summed E-state index contributed by atoms with van der Waals surface area (Å²) in [7, 11) is 3.76. The molecule has 0 aliphatic carbocycles. The van der Waals surface area contributed by atoms with Crippen LogP contribution in [0.5, 0.6) is 5.75 Å². The normalized spacial score (nSPS) is 12.7. The fraction of sp³-hybridized carbons (Fsp3) is 0.471. The Hall–Kier alpha value is -1.52. The average molecular weight is 323 g/mol. The van der Waals surface area contributed by atoms with Gasteiger partial charge in [-0.3, -0.25) is 4.90 Å². The van der Waals surface area contributed by atoms with Gasteiger partial charge in [-0.2, -0.15) is 0 Å². The van der Waals surface area contributed by atoms with E-state index in [1.807, 2.05) is 25.1 Å². The quantitative estimate of drug-likeness (QED) is 0.790. The van der Waals surface area contributed by atoms with Crippen molar-refractivity contribution in [3.05, 3.63) is 45.8 Å². The summed E-state index contributed by atoms with van der Waals surface area (Å²) >= 11 is 6.11. The Labute approximate surface area is 137 Å². The van der Waals surface area contributed by atoms with Gasteiger partial charge in [-0.15, -0.1) is 0 Å². The van der Waals surface area contributed by atoms with E-state index in [0.717, 1.165) is 35.7 Å². The third-order valence-electron chi connectivity index (χ3n) is 4.06. The molecule has 2 aromatic rings. The Morgan fingerprint density at radius 1 is 1.41 bits per heavy atom. The lowest BCUT2D eigenvalue weighted by Crippen LogP contribution is -2.23. The number of aryl methyl sites for hydroxylation is 2. The number of hydrogen-bond donors (Lipinski definition) is 0. The van der Waals surface area contributed by atoms with Crippen molar-refractivity contribution in [1.82, 2.24) is 10.1 Å². The van der Waals surface area contributed by atoms with Crippen molar-refractivity contribution in [2.75, 3.05) is 14.2 Å². The molecule has 0 saturated heterocycles. The van der Waals surface area contributed by atoms with E-state index in [2.05, 4.69) is 31.0 Å². The minimum Gasteiger partial charge on any atom is -0.496 e. The minimum absolute atomic E-state index is 0.199. The lowest BCUT2D eigenvalue weighted by molar-refractivity contribution is 0.246. The van der Waals surface area contributed by atoms with E-state index in [4.69, 9.17) is 20.9 Å². The Kier molecular flexibility index (Phi) is 5.48. The molecule has 22 heavy (non-hydrogen) atoms. The predicted octanol–water partition coefficient (Wildman–Crippen LogP) is 4.40. The van der Waals surface area contributed by atoms with Gasteiger partial charge >= 0.3 is 0 Å². The lowest BCUT2D eigenvalue weighted by Gasteiger charge is -2.25. The summed E-state index contributed by atoms with van der Waals surface area (Å²) in [5, 5.41) is 4.86. The molecule has 0 unspecified atom stereocenters. The maximum absolute atomic E-state index is 6.11. The lowest BCUT2D eigenvalue weighted by atomic mass is 10.0. The number of halogens is 1. The fourth-order valence-electron chi connectivity index (χ4n) is 2.71. The molecule has 1 aromatic heterocycles. The van der Waals surface area contributed by atoms with Crippen molar-refractivity contribution < 1.29 is 9.26 Å². The summed E-state index contributed by atoms with van der Waals surface area (Å²) in [6.45, 7) is 6.95. The van der Waals surface area contributed by atoms with Crippen LogP contribution in [0.25, 0.3) is 0 Å². The van der Waals surface area contributed by atoms with Crippen molar-refractivity contribution >= 4 is 11.6 Å². The minimum atomic E-state index is 0.199. The van der Waals surface area contributed by atoms with Crippen molar-refractivity contribution in [2.24, 2.45) is 0 Å². The van der Waals surface area contributed by atoms with E-state index in [9.17, 15) is 0 Å². The van der Waals surface area contributed by atoms with Crippen LogP contribution in [0, 0.1) is 6.92 Å². The number of aromatic nitrogens is 1. The number of nitrogens with zero attached hydrogens (tertiary/aromatic N) is 2. The molecule has 0 aliphatic rings. The van der Waals surface area contributed by atoms with E-state index in [-0.39, 0.29) is 6.04 Å². The molecule has 0 bridgehead atoms. The second-order valence-corrected chi connectivity index (χ2v) is 5.94. The van der Waals surface area contributed by atoms with Gasteiger partial charge in [0, 0.05) is 28.7 Å². The maximum atomic E-state index is 6.11. The van der Waals surface area contributed by atoms with E-state index in [1.165, 1.54) is 5.56 Å². The molecule has 0 aliphatic heterocycles. The van der Waals surface area contributed by atoms with Gasteiger partial charge in [-0.1, -0.05) is 23.7 Å². The first-order chi connectivity index (χ1) is 10.5. The molecule has 1 aromatic carbocycles. The van der Waals surface area contributed by atoms with Crippen LogP contribution >= 0.6 is 11.6 Å². The highest BCUT2D eigenvalue weighted by Gasteiger charge is 2.22. The predicted molar refractivity (Wildman–Crippen MR) is 88.5 cm³/mol. The third kappa shape index (κ3) is 3.45. The number of rotatable bonds is 6. The molecule has 0 saturated carbocycles. The number of ether oxygens (including phenoxy) is 1. The van der Waals surface area contributed by atoms with Gasteiger partial charge < -0.3 is 9.26 Å². The van der Waals surface area contributed by atoms with E-state index < -0.39 is 0 Å². The standard InChI is InChI=1S/C17H23ClN2O2/c1-6-15-17(12(3)22-19-15)11(2)20(4)10-13-9-14(18)7-8-16(13)21-5/h7-9,11H,6,10H2,1-5H3/t11-/m1/s1. The first-order valence-electron chi connectivity index (χ1n) is 7.45. The second-order valence-electron chi connectivity index (χ2n) is 5.50. The van der Waals surface area contributed by atoms with Crippen molar-refractivity contribution in [3.63, 3.8) is 0 Å². The van der Waals surface area contributed by atoms with Crippen LogP contribution in [0.15, 0.2) is 22.7 Å². The molecule has 0 amide bonds. The number of methoxy groups -OCH3 is 1. The first kappa shape index (κ1) is 16.8. The topological polar surface area (TPSA) is 38.5 Å². The summed E-state index contributed by atoms with van der Waals surface area (Å²) in [5.41, 5.74) is 3.26. The molecular formula is C17H23ClN2O2. The molecule has 5 heteroatoms. The largest absolute Gasteiger partial charge is 0.496 e. The zero-order valence-electron chi connectivity index (χ0n) is 13.8. The molecule has 2 rings (SSSR count). The molecule has 0 fully saturated rings. The summed E-state index contributed by atoms with van der Waals surface area (Å²) < 4.78 is 10.8.